The van der Waals surface area contributed by atoms with Gasteiger partial charge in [0.25, 0.3) is 0 Å². The first-order valence-corrected chi connectivity index (χ1v) is 9.28. The molecule has 1 aromatic heterocycles. The number of unbranched alkanes of at least 4 members (excludes halogenated alkanes) is 1. The van der Waals surface area contributed by atoms with Crippen LogP contribution in [0.5, 0.6) is 0 Å². The molecule has 1 saturated carbocycles. The number of nitrogens with one attached hydrogen (secondary N) is 2. The first-order chi connectivity index (χ1) is 10.4. The average Bonchev–Trinajstić information content (AvgIpc) is 3.17. The molecule has 0 aromatic carbocycles. The summed E-state index contributed by atoms with van der Waals surface area (Å²) in [4.78, 5) is 12.0. The first-order valence-electron chi connectivity index (χ1n) is 8.29. The Kier molecular flexibility index (Phi) is 14.3. The van der Waals surface area contributed by atoms with Crippen molar-refractivity contribution in [2.24, 2.45) is 4.99 Å². The third-order valence-corrected chi connectivity index (χ3v) is 4.85. The number of hydrogen-bond donors (Lipinski definition) is 2. The van der Waals surface area contributed by atoms with Crippen molar-refractivity contribution in [1.82, 2.24) is 15.3 Å². The number of thioether (sulfide) groups is 1. The van der Waals surface area contributed by atoms with E-state index in [0.29, 0.717) is 6.04 Å². The monoisotopic (exact) mass is 468 g/mol. The van der Waals surface area contributed by atoms with E-state index in [2.05, 4.69) is 22.2 Å². The predicted octanol–water partition coefficient (Wildman–Crippen LogP) is 4.92. The van der Waals surface area contributed by atoms with Gasteiger partial charge in [0.15, 0.2) is 5.17 Å². The molecule has 2 rings (SSSR count). The minimum absolute atomic E-state index is 0. The van der Waals surface area contributed by atoms with Crippen LogP contribution in [0.3, 0.4) is 0 Å². The highest BCUT2D eigenvalue weighted by molar-refractivity contribution is 8.93. The Morgan fingerprint density at radius 1 is 1.35 bits per heavy atom. The highest BCUT2D eigenvalue weighted by Gasteiger charge is 2.16. The van der Waals surface area contributed by atoms with E-state index in [1.807, 2.05) is 18.0 Å². The van der Waals surface area contributed by atoms with Crippen LogP contribution in [0.15, 0.2) is 17.5 Å². The lowest BCUT2D eigenvalue weighted by Crippen LogP contribution is -2.31. The summed E-state index contributed by atoms with van der Waals surface area (Å²) in [5.41, 5.74) is 1.23. The van der Waals surface area contributed by atoms with Crippen molar-refractivity contribution in [2.75, 3.05) is 12.3 Å². The average molecular weight is 470 g/mol. The van der Waals surface area contributed by atoms with Crippen molar-refractivity contribution in [2.45, 2.75) is 64.3 Å². The molecule has 1 aromatic rings. The Balaban J connectivity index is 0.00000242. The van der Waals surface area contributed by atoms with E-state index in [1.165, 1.54) is 49.4 Å². The second-order valence-corrected chi connectivity index (χ2v) is 6.78. The number of rotatable bonds is 8. The third-order valence-electron chi connectivity index (χ3n) is 3.83. The summed E-state index contributed by atoms with van der Waals surface area (Å²) in [6.45, 7) is 3.18. The van der Waals surface area contributed by atoms with Gasteiger partial charge in [0.05, 0.1) is 6.33 Å². The van der Waals surface area contributed by atoms with Crippen molar-refractivity contribution in [3.8, 4) is 0 Å². The summed E-state index contributed by atoms with van der Waals surface area (Å²) in [5, 5.41) is 4.83. The molecular weight excluding hydrogens is 440 g/mol. The quantitative estimate of drug-likeness (QED) is 0.322. The minimum Gasteiger partial charge on any atom is -0.362 e. The molecule has 2 N–H and O–H groups in total. The lowest BCUT2D eigenvalue weighted by Gasteiger charge is -2.15. The number of hydrogen-bond acceptors (Lipinski definition) is 3. The Hall–Kier alpha value is -0.0100. The highest BCUT2D eigenvalue weighted by atomic mass is 79.9. The molecule has 1 aliphatic rings. The van der Waals surface area contributed by atoms with Gasteiger partial charge in [-0.2, -0.15) is 0 Å². The molecule has 134 valence electrons. The minimum atomic E-state index is 0. The van der Waals surface area contributed by atoms with Gasteiger partial charge in [0.1, 0.15) is 0 Å². The number of H-pyrrole nitrogens is 1. The van der Waals surface area contributed by atoms with Crippen molar-refractivity contribution < 1.29 is 0 Å². The maximum atomic E-state index is 4.76. The van der Waals surface area contributed by atoms with Crippen LogP contribution in [0, 0.1) is 0 Å². The van der Waals surface area contributed by atoms with Crippen LogP contribution in [0.1, 0.15) is 57.6 Å². The smallest absolute Gasteiger partial charge is 0.156 e. The zero-order chi connectivity index (χ0) is 14.8. The van der Waals surface area contributed by atoms with E-state index in [-0.39, 0.29) is 34.0 Å². The largest absolute Gasteiger partial charge is 0.362 e. The summed E-state index contributed by atoms with van der Waals surface area (Å²) in [6, 6.07) is 0.658. The van der Waals surface area contributed by atoms with Gasteiger partial charge >= 0.3 is 0 Å². The highest BCUT2D eigenvalue weighted by Crippen LogP contribution is 2.19. The number of aryl methyl sites for hydroxylation is 1. The summed E-state index contributed by atoms with van der Waals surface area (Å²) in [6.07, 6.45) is 13.6. The zero-order valence-electron chi connectivity index (χ0n) is 13.9. The predicted molar refractivity (Wildman–Crippen MR) is 113 cm³/mol. The van der Waals surface area contributed by atoms with Gasteiger partial charge in [0.2, 0.25) is 0 Å². The number of aliphatic imine (C=N–C) groups is 1. The second-order valence-electron chi connectivity index (χ2n) is 5.70. The molecule has 7 heteroatoms. The number of imidazole rings is 1. The molecule has 0 spiro atoms. The molecule has 1 aliphatic carbocycles. The maximum absolute atomic E-state index is 4.76. The number of halogens is 2. The normalized spacial score (nSPS) is 15.1. The lowest BCUT2D eigenvalue weighted by atomic mass is 10.3. The Labute approximate surface area is 165 Å². The molecule has 0 atom stereocenters. The number of aromatic amines is 1. The van der Waals surface area contributed by atoms with Gasteiger partial charge in [-0.15, -0.1) is 34.0 Å². The van der Waals surface area contributed by atoms with Gasteiger partial charge in [-0.1, -0.05) is 37.9 Å². The fraction of sp³-hybridized carbons (Fsp3) is 0.750. The van der Waals surface area contributed by atoms with Crippen LogP contribution in [0.25, 0.3) is 0 Å². The molecule has 1 heterocycles. The van der Waals surface area contributed by atoms with Crippen LogP contribution in [-0.4, -0.2) is 33.5 Å². The molecule has 0 unspecified atom stereocenters. The first kappa shape index (κ1) is 23.0. The Bertz CT molecular complexity index is 406. The van der Waals surface area contributed by atoms with Gasteiger partial charge in [-0.25, -0.2) is 4.98 Å². The second kappa shape index (κ2) is 14.3. The Morgan fingerprint density at radius 2 is 2.13 bits per heavy atom. The fourth-order valence-corrected chi connectivity index (χ4v) is 3.48. The molecule has 0 saturated heterocycles. The van der Waals surface area contributed by atoms with Gasteiger partial charge in [-0.3, -0.25) is 4.99 Å². The molecule has 0 bridgehead atoms. The van der Waals surface area contributed by atoms with Crippen molar-refractivity contribution in [3.63, 3.8) is 0 Å². The van der Waals surface area contributed by atoms with Crippen LogP contribution in [-0.2, 0) is 6.42 Å². The van der Waals surface area contributed by atoms with Crippen LogP contribution < -0.4 is 5.32 Å². The molecule has 0 aliphatic heterocycles. The van der Waals surface area contributed by atoms with Gasteiger partial charge in [0, 0.05) is 30.2 Å². The van der Waals surface area contributed by atoms with E-state index in [9.17, 15) is 0 Å². The molecule has 23 heavy (non-hydrogen) atoms. The summed E-state index contributed by atoms with van der Waals surface area (Å²) >= 11 is 1.89. The van der Waals surface area contributed by atoms with Crippen LogP contribution in [0.4, 0.5) is 0 Å². The number of amidine groups is 1. The van der Waals surface area contributed by atoms with Gasteiger partial charge < -0.3 is 10.3 Å². The van der Waals surface area contributed by atoms with E-state index in [1.54, 1.807) is 6.33 Å². The van der Waals surface area contributed by atoms with Gasteiger partial charge in [-0.05, 0) is 32.1 Å². The maximum Gasteiger partial charge on any atom is 0.156 e. The van der Waals surface area contributed by atoms with E-state index < -0.39 is 0 Å². The molecule has 4 nitrogen and oxygen atoms in total. The van der Waals surface area contributed by atoms with E-state index >= 15 is 0 Å². The SMILES string of the molecule is Br.Br.CCCCN=C(NC1CCCC1)SCCCc1cnc[nH]1. The van der Waals surface area contributed by atoms with Crippen LogP contribution in [0.2, 0.25) is 0 Å². The molecule has 0 radical (unpaired) electrons. The van der Waals surface area contributed by atoms with Crippen molar-refractivity contribution in [1.29, 1.82) is 0 Å². The number of aromatic nitrogens is 2. The Morgan fingerprint density at radius 3 is 2.78 bits per heavy atom. The topological polar surface area (TPSA) is 53.1 Å². The lowest BCUT2D eigenvalue weighted by molar-refractivity contribution is 0.633. The van der Waals surface area contributed by atoms with E-state index in [4.69, 9.17) is 4.99 Å². The zero-order valence-corrected chi connectivity index (χ0v) is 18.2. The van der Waals surface area contributed by atoms with E-state index in [0.717, 1.165) is 25.1 Å². The molecule has 1 fully saturated rings. The molecule has 0 amide bonds. The summed E-state index contributed by atoms with van der Waals surface area (Å²) < 4.78 is 0. The summed E-state index contributed by atoms with van der Waals surface area (Å²) in [7, 11) is 0. The fourth-order valence-electron chi connectivity index (χ4n) is 2.57. The van der Waals surface area contributed by atoms with Crippen LogP contribution >= 0.6 is 45.7 Å². The van der Waals surface area contributed by atoms with Crippen molar-refractivity contribution in [3.05, 3.63) is 18.2 Å². The standard InChI is InChI=1S/C16H28N4S.2BrH/c1-2-3-10-18-16(20-14-7-4-5-8-14)21-11-6-9-15-12-17-13-19-15;;/h12-14H,2-11H2,1H3,(H,17,19)(H,18,20);2*1H. The summed E-state index contributed by atoms with van der Waals surface area (Å²) in [5.74, 6) is 1.11. The number of nitrogens with zero attached hydrogens (tertiary/aromatic N) is 2. The van der Waals surface area contributed by atoms with Crippen molar-refractivity contribution >= 4 is 50.9 Å². The third kappa shape index (κ3) is 9.77. The molecular formula is C16H30Br2N4S.